The van der Waals surface area contributed by atoms with Gasteiger partial charge in [-0.15, -0.1) is 0 Å². The van der Waals surface area contributed by atoms with Gasteiger partial charge in [0, 0.05) is 5.02 Å². The van der Waals surface area contributed by atoms with Crippen molar-refractivity contribution in [2.45, 2.75) is 12.4 Å². The summed E-state index contributed by atoms with van der Waals surface area (Å²) in [5.74, 6) is 0.182. The summed E-state index contributed by atoms with van der Waals surface area (Å²) in [6, 6.07) is 4.43. The number of aliphatic hydroxyl groups excluding tert-OH is 3. The molecule has 0 amide bonds. The molecule has 4 nitrogen and oxygen atoms in total. The Kier molecular flexibility index (Phi) is 4.63. The Morgan fingerprint density at radius 1 is 1.27 bits per heavy atom. The second-order valence-corrected chi connectivity index (χ2v) is 3.68. The van der Waals surface area contributed by atoms with E-state index >= 15 is 0 Å². The van der Waals surface area contributed by atoms with E-state index in [0.29, 0.717) is 5.02 Å². The Hall–Kier alpha value is -0.520. The molecule has 0 aliphatic rings. The number of aliphatic hydroxyl groups is 3. The first-order chi connectivity index (χ1) is 7.04. The standard InChI is InChI=1S/C9H10Cl2O4/c10-5-1-2-8(6(11)3-5)15-9(14)7(13)4-12/h1-3,7,9,12-14H,4H2. The Balaban J connectivity index is 2.72. The molecular formula is C9H10Cl2O4. The predicted molar refractivity (Wildman–Crippen MR) is 56.2 cm³/mol. The molecule has 0 heterocycles. The van der Waals surface area contributed by atoms with Crippen molar-refractivity contribution in [1.29, 1.82) is 0 Å². The first-order valence-corrected chi connectivity index (χ1v) is 4.89. The highest BCUT2D eigenvalue weighted by molar-refractivity contribution is 6.35. The van der Waals surface area contributed by atoms with Crippen molar-refractivity contribution in [3.63, 3.8) is 0 Å². The number of ether oxygens (including phenoxy) is 1. The van der Waals surface area contributed by atoms with Crippen LogP contribution in [0.4, 0.5) is 0 Å². The fourth-order valence-corrected chi connectivity index (χ4v) is 1.32. The minimum atomic E-state index is -1.53. The van der Waals surface area contributed by atoms with Crippen LogP contribution in [0.2, 0.25) is 10.0 Å². The Bertz CT molecular complexity index is 332. The molecule has 1 aromatic rings. The molecule has 84 valence electrons. The Morgan fingerprint density at radius 2 is 1.93 bits per heavy atom. The van der Waals surface area contributed by atoms with E-state index in [0.717, 1.165) is 0 Å². The third kappa shape index (κ3) is 3.52. The van der Waals surface area contributed by atoms with Gasteiger partial charge in [-0.25, -0.2) is 0 Å². The van der Waals surface area contributed by atoms with Crippen LogP contribution in [0.5, 0.6) is 5.75 Å². The van der Waals surface area contributed by atoms with E-state index in [1.807, 2.05) is 0 Å². The van der Waals surface area contributed by atoms with Crippen LogP contribution < -0.4 is 4.74 Å². The van der Waals surface area contributed by atoms with Crippen LogP contribution in [0.15, 0.2) is 18.2 Å². The zero-order valence-corrected chi connectivity index (χ0v) is 9.11. The highest BCUT2D eigenvalue weighted by Crippen LogP contribution is 2.28. The molecule has 0 aromatic heterocycles. The van der Waals surface area contributed by atoms with Crippen molar-refractivity contribution in [3.8, 4) is 5.75 Å². The van der Waals surface area contributed by atoms with Crippen molar-refractivity contribution in [2.24, 2.45) is 0 Å². The van der Waals surface area contributed by atoms with Crippen molar-refractivity contribution in [2.75, 3.05) is 6.61 Å². The largest absolute Gasteiger partial charge is 0.461 e. The maximum atomic E-state index is 9.24. The van der Waals surface area contributed by atoms with Gasteiger partial charge >= 0.3 is 0 Å². The molecule has 0 aliphatic carbocycles. The molecule has 1 rings (SSSR count). The molecule has 0 bridgehead atoms. The molecule has 6 heteroatoms. The predicted octanol–water partition coefficient (Wildman–Crippen LogP) is 1.04. The summed E-state index contributed by atoms with van der Waals surface area (Å²) in [4.78, 5) is 0. The van der Waals surface area contributed by atoms with Gasteiger partial charge in [-0.2, -0.15) is 0 Å². The average Bonchev–Trinajstić information content (AvgIpc) is 2.20. The fraction of sp³-hybridized carbons (Fsp3) is 0.333. The van der Waals surface area contributed by atoms with Crippen LogP contribution in [0, 0.1) is 0 Å². The highest BCUT2D eigenvalue weighted by atomic mass is 35.5. The van der Waals surface area contributed by atoms with Crippen LogP contribution in [-0.2, 0) is 0 Å². The van der Waals surface area contributed by atoms with Gasteiger partial charge in [0.25, 0.3) is 0 Å². The minimum absolute atomic E-state index is 0.182. The number of rotatable bonds is 4. The molecule has 0 fully saturated rings. The van der Waals surface area contributed by atoms with Crippen LogP contribution in [0.3, 0.4) is 0 Å². The monoisotopic (exact) mass is 252 g/mol. The quantitative estimate of drug-likeness (QED) is 0.701. The van der Waals surface area contributed by atoms with Gasteiger partial charge in [0.15, 0.2) is 0 Å². The molecule has 0 radical (unpaired) electrons. The number of hydrogen-bond acceptors (Lipinski definition) is 4. The van der Waals surface area contributed by atoms with Crippen LogP contribution in [-0.4, -0.2) is 34.3 Å². The lowest BCUT2D eigenvalue weighted by Crippen LogP contribution is -2.34. The third-order valence-corrected chi connectivity index (χ3v) is 2.19. The summed E-state index contributed by atoms with van der Waals surface area (Å²) in [6.45, 7) is -0.605. The molecule has 1 aromatic carbocycles. The van der Waals surface area contributed by atoms with Gasteiger partial charge in [-0.05, 0) is 18.2 Å². The molecule has 3 N–H and O–H groups in total. The van der Waals surface area contributed by atoms with Crippen molar-refractivity contribution < 1.29 is 20.1 Å². The number of halogens is 2. The van der Waals surface area contributed by atoms with E-state index in [4.69, 9.17) is 38.2 Å². The van der Waals surface area contributed by atoms with E-state index in [2.05, 4.69) is 0 Å². The number of benzene rings is 1. The van der Waals surface area contributed by atoms with Crippen LogP contribution >= 0.6 is 23.2 Å². The normalized spacial score (nSPS) is 14.7. The summed E-state index contributed by atoms with van der Waals surface area (Å²) in [6.07, 6.45) is -2.91. The maximum Gasteiger partial charge on any atom is 0.226 e. The molecule has 15 heavy (non-hydrogen) atoms. The summed E-state index contributed by atoms with van der Waals surface area (Å²) in [5, 5.41) is 27.5. The van der Waals surface area contributed by atoms with E-state index in [1.165, 1.54) is 18.2 Å². The molecule has 0 spiro atoms. The van der Waals surface area contributed by atoms with E-state index in [-0.39, 0.29) is 10.8 Å². The van der Waals surface area contributed by atoms with Gasteiger partial charge in [-0.3, -0.25) is 0 Å². The van der Waals surface area contributed by atoms with Crippen molar-refractivity contribution in [3.05, 3.63) is 28.2 Å². The van der Waals surface area contributed by atoms with Gasteiger partial charge in [0.05, 0.1) is 11.6 Å². The molecule has 2 atom stereocenters. The van der Waals surface area contributed by atoms with Crippen LogP contribution in [0.25, 0.3) is 0 Å². The molecule has 0 saturated heterocycles. The fourth-order valence-electron chi connectivity index (χ4n) is 0.870. The smallest absolute Gasteiger partial charge is 0.226 e. The lowest BCUT2D eigenvalue weighted by molar-refractivity contribution is -0.118. The molecular weight excluding hydrogens is 243 g/mol. The molecule has 0 aliphatic heterocycles. The number of hydrogen-bond donors (Lipinski definition) is 3. The van der Waals surface area contributed by atoms with Crippen molar-refractivity contribution >= 4 is 23.2 Å². The van der Waals surface area contributed by atoms with Gasteiger partial charge in [0.2, 0.25) is 6.29 Å². The zero-order chi connectivity index (χ0) is 11.4. The summed E-state index contributed by atoms with van der Waals surface area (Å²) < 4.78 is 4.91. The first-order valence-electron chi connectivity index (χ1n) is 4.13. The topological polar surface area (TPSA) is 69.9 Å². The lowest BCUT2D eigenvalue weighted by Gasteiger charge is -2.18. The van der Waals surface area contributed by atoms with E-state index in [1.54, 1.807) is 0 Å². The second kappa shape index (κ2) is 5.53. The first kappa shape index (κ1) is 12.5. The Morgan fingerprint density at radius 3 is 2.47 bits per heavy atom. The van der Waals surface area contributed by atoms with Gasteiger partial charge in [0.1, 0.15) is 11.9 Å². The minimum Gasteiger partial charge on any atom is -0.461 e. The van der Waals surface area contributed by atoms with Crippen molar-refractivity contribution in [1.82, 2.24) is 0 Å². The lowest BCUT2D eigenvalue weighted by atomic mass is 10.3. The summed E-state index contributed by atoms with van der Waals surface area (Å²) >= 11 is 11.4. The summed E-state index contributed by atoms with van der Waals surface area (Å²) in [7, 11) is 0. The average molecular weight is 253 g/mol. The van der Waals surface area contributed by atoms with E-state index in [9.17, 15) is 5.11 Å². The molecule has 2 unspecified atom stereocenters. The van der Waals surface area contributed by atoms with E-state index < -0.39 is 19.0 Å². The second-order valence-electron chi connectivity index (χ2n) is 2.83. The molecule has 0 saturated carbocycles. The third-order valence-electron chi connectivity index (χ3n) is 1.66. The maximum absolute atomic E-state index is 9.24. The van der Waals surface area contributed by atoms with Gasteiger partial charge in [-0.1, -0.05) is 23.2 Å². The van der Waals surface area contributed by atoms with Crippen LogP contribution in [0.1, 0.15) is 0 Å². The SMILES string of the molecule is OCC(O)C(O)Oc1ccc(Cl)cc1Cl. The zero-order valence-electron chi connectivity index (χ0n) is 7.60. The highest BCUT2D eigenvalue weighted by Gasteiger charge is 2.17. The summed E-state index contributed by atoms with van der Waals surface area (Å²) in [5.41, 5.74) is 0. The van der Waals surface area contributed by atoms with Gasteiger partial charge < -0.3 is 20.1 Å². The Labute approximate surface area is 96.6 Å².